The molecule has 0 aromatic rings. The van der Waals surface area contributed by atoms with Crippen molar-refractivity contribution in [2.45, 2.75) is 86.7 Å². The van der Waals surface area contributed by atoms with Crippen LogP contribution >= 0.6 is 0 Å². The maximum atomic E-state index is 12.5. The molecule has 0 bridgehead atoms. The average molecular weight is 311 g/mol. The van der Waals surface area contributed by atoms with E-state index in [1.54, 1.807) is 0 Å². The van der Waals surface area contributed by atoms with Crippen molar-refractivity contribution in [2.24, 2.45) is 16.7 Å². The Morgan fingerprint density at radius 2 is 1.41 bits per heavy atom. The third-order valence-corrected chi connectivity index (χ3v) is 5.58. The van der Waals surface area contributed by atoms with E-state index in [0.717, 1.165) is 19.5 Å². The zero-order valence-electron chi connectivity index (χ0n) is 16.6. The number of nitrogens with zero attached hydrogens (tertiary/aromatic N) is 1. The largest absolute Gasteiger partial charge is 0.351 e. The Hall–Kier alpha value is -0.570. The first-order chi connectivity index (χ1) is 9.55. The number of carbonyl (C=O) groups is 1. The van der Waals surface area contributed by atoms with Gasteiger partial charge in [-0.1, -0.05) is 34.6 Å². The third kappa shape index (κ3) is 4.71. The SMILES string of the molecule is CC(C)(CC(C)(C)C(C)(C)C)NC(=O)C1CN(C(C)(C)C)C1. The minimum atomic E-state index is -0.171. The summed E-state index contributed by atoms with van der Waals surface area (Å²) in [5.41, 5.74) is 0.381. The van der Waals surface area contributed by atoms with Gasteiger partial charge in [-0.25, -0.2) is 0 Å². The first-order valence-electron chi connectivity index (χ1n) is 8.62. The van der Waals surface area contributed by atoms with Gasteiger partial charge in [-0.3, -0.25) is 9.69 Å². The Balaban J connectivity index is 2.58. The van der Waals surface area contributed by atoms with Crippen LogP contribution in [0.1, 0.15) is 75.7 Å². The Labute approximate surface area is 138 Å². The summed E-state index contributed by atoms with van der Waals surface area (Å²) >= 11 is 0. The highest BCUT2D eigenvalue weighted by Gasteiger charge is 2.42. The Morgan fingerprint density at radius 1 is 0.955 bits per heavy atom. The fourth-order valence-corrected chi connectivity index (χ4v) is 3.04. The van der Waals surface area contributed by atoms with E-state index in [0.29, 0.717) is 0 Å². The van der Waals surface area contributed by atoms with Crippen molar-refractivity contribution in [3.63, 3.8) is 0 Å². The van der Waals surface area contributed by atoms with Crippen molar-refractivity contribution in [2.75, 3.05) is 13.1 Å². The molecule has 1 aliphatic rings. The summed E-state index contributed by atoms with van der Waals surface area (Å²) in [7, 11) is 0. The number of hydrogen-bond acceptors (Lipinski definition) is 2. The summed E-state index contributed by atoms with van der Waals surface area (Å²) in [6, 6.07) is 0. The molecule has 0 saturated carbocycles. The maximum absolute atomic E-state index is 12.5. The van der Waals surface area contributed by atoms with E-state index in [1.807, 2.05) is 0 Å². The number of amides is 1. The van der Waals surface area contributed by atoms with Crippen LogP contribution in [0.4, 0.5) is 0 Å². The molecule has 1 rings (SSSR count). The number of rotatable bonds is 4. The molecule has 0 spiro atoms. The van der Waals surface area contributed by atoms with E-state index in [-0.39, 0.29) is 33.7 Å². The molecule has 22 heavy (non-hydrogen) atoms. The zero-order chi connectivity index (χ0) is 17.6. The van der Waals surface area contributed by atoms with Gasteiger partial charge in [0.15, 0.2) is 0 Å². The van der Waals surface area contributed by atoms with Gasteiger partial charge < -0.3 is 5.32 Å². The van der Waals surface area contributed by atoms with Crippen molar-refractivity contribution < 1.29 is 4.79 Å². The molecule has 0 radical (unpaired) electrons. The monoisotopic (exact) mass is 310 g/mol. The van der Waals surface area contributed by atoms with Gasteiger partial charge in [0.1, 0.15) is 0 Å². The molecular formula is C19H38N2O. The van der Waals surface area contributed by atoms with Gasteiger partial charge >= 0.3 is 0 Å². The second-order valence-corrected chi connectivity index (χ2v) is 10.5. The molecule has 1 saturated heterocycles. The molecule has 130 valence electrons. The van der Waals surface area contributed by atoms with Crippen molar-refractivity contribution in [3.8, 4) is 0 Å². The van der Waals surface area contributed by atoms with Crippen LogP contribution in [-0.4, -0.2) is 35.0 Å². The van der Waals surface area contributed by atoms with Gasteiger partial charge in [0, 0.05) is 24.2 Å². The summed E-state index contributed by atoms with van der Waals surface area (Å²) in [4.78, 5) is 14.9. The fraction of sp³-hybridized carbons (Fsp3) is 0.947. The summed E-state index contributed by atoms with van der Waals surface area (Å²) in [6.45, 7) is 24.1. The molecule has 1 amide bonds. The summed E-state index contributed by atoms with van der Waals surface area (Å²) in [6.07, 6.45) is 0.977. The average Bonchev–Trinajstić information content (AvgIpc) is 2.05. The van der Waals surface area contributed by atoms with Gasteiger partial charge in [-0.05, 0) is 51.9 Å². The first kappa shape index (κ1) is 19.5. The molecule has 0 aromatic carbocycles. The van der Waals surface area contributed by atoms with E-state index < -0.39 is 0 Å². The molecule has 0 aliphatic carbocycles. The van der Waals surface area contributed by atoms with Crippen molar-refractivity contribution in [1.82, 2.24) is 10.2 Å². The van der Waals surface area contributed by atoms with Gasteiger partial charge in [0.05, 0.1) is 5.92 Å². The molecule has 0 unspecified atom stereocenters. The standard InChI is InChI=1S/C19H38N2O/c1-16(2,3)18(7,8)13-19(9,10)20-15(22)14-11-21(12-14)17(4,5)6/h14H,11-13H2,1-10H3,(H,20,22). The fourth-order valence-electron chi connectivity index (χ4n) is 3.04. The van der Waals surface area contributed by atoms with Crippen molar-refractivity contribution >= 4 is 5.91 Å². The Kier molecular flexibility index (Phi) is 5.15. The van der Waals surface area contributed by atoms with Gasteiger partial charge in [-0.15, -0.1) is 0 Å². The van der Waals surface area contributed by atoms with Crippen LogP contribution in [0.15, 0.2) is 0 Å². The van der Waals surface area contributed by atoms with E-state index in [1.165, 1.54) is 0 Å². The van der Waals surface area contributed by atoms with Crippen LogP contribution in [-0.2, 0) is 4.79 Å². The number of hydrogen-bond donors (Lipinski definition) is 1. The van der Waals surface area contributed by atoms with E-state index in [2.05, 4.69) is 79.5 Å². The predicted octanol–water partition coefficient (Wildman–Crippen LogP) is 4.07. The summed E-state index contributed by atoms with van der Waals surface area (Å²) < 4.78 is 0. The molecule has 1 heterocycles. The lowest BCUT2D eigenvalue weighted by molar-refractivity contribution is -0.135. The molecule has 1 N–H and O–H groups in total. The van der Waals surface area contributed by atoms with E-state index >= 15 is 0 Å². The van der Waals surface area contributed by atoms with Crippen LogP contribution in [0.5, 0.6) is 0 Å². The molecule has 0 atom stereocenters. The second kappa shape index (κ2) is 5.81. The van der Waals surface area contributed by atoms with Crippen LogP contribution in [0, 0.1) is 16.7 Å². The number of nitrogens with one attached hydrogen (secondary N) is 1. The number of likely N-dealkylation sites (tertiary alicyclic amines) is 1. The first-order valence-corrected chi connectivity index (χ1v) is 8.62. The highest BCUT2D eigenvalue weighted by atomic mass is 16.2. The molecule has 0 aromatic heterocycles. The van der Waals surface area contributed by atoms with Crippen molar-refractivity contribution in [3.05, 3.63) is 0 Å². The molecule has 1 fully saturated rings. The normalized spacial score (nSPS) is 19.0. The lowest BCUT2D eigenvalue weighted by Gasteiger charge is -2.48. The lowest BCUT2D eigenvalue weighted by Crippen LogP contribution is -2.62. The minimum Gasteiger partial charge on any atom is -0.351 e. The van der Waals surface area contributed by atoms with Crippen LogP contribution in [0.2, 0.25) is 0 Å². The Bertz CT molecular complexity index is 404. The predicted molar refractivity (Wildman–Crippen MR) is 94.9 cm³/mol. The molecule has 3 nitrogen and oxygen atoms in total. The van der Waals surface area contributed by atoms with Crippen LogP contribution in [0.25, 0.3) is 0 Å². The third-order valence-electron chi connectivity index (χ3n) is 5.58. The molecule has 1 aliphatic heterocycles. The van der Waals surface area contributed by atoms with Gasteiger partial charge in [0.2, 0.25) is 5.91 Å². The van der Waals surface area contributed by atoms with Gasteiger partial charge in [0.25, 0.3) is 0 Å². The van der Waals surface area contributed by atoms with Crippen LogP contribution < -0.4 is 5.32 Å². The van der Waals surface area contributed by atoms with Crippen molar-refractivity contribution in [1.29, 1.82) is 0 Å². The summed E-state index contributed by atoms with van der Waals surface area (Å²) in [5.74, 6) is 0.367. The number of carbonyl (C=O) groups excluding carboxylic acids is 1. The second-order valence-electron chi connectivity index (χ2n) is 10.5. The molecule has 3 heteroatoms. The van der Waals surface area contributed by atoms with E-state index in [9.17, 15) is 4.79 Å². The topological polar surface area (TPSA) is 32.3 Å². The minimum absolute atomic E-state index is 0.149. The maximum Gasteiger partial charge on any atom is 0.226 e. The molecular weight excluding hydrogens is 272 g/mol. The van der Waals surface area contributed by atoms with Gasteiger partial charge in [-0.2, -0.15) is 0 Å². The highest BCUT2D eigenvalue weighted by Crippen LogP contribution is 2.43. The Morgan fingerprint density at radius 3 is 1.77 bits per heavy atom. The smallest absolute Gasteiger partial charge is 0.226 e. The summed E-state index contributed by atoms with van der Waals surface area (Å²) in [5, 5.41) is 3.29. The highest BCUT2D eigenvalue weighted by molar-refractivity contribution is 5.80. The zero-order valence-corrected chi connectivity index (χ0v) is 16.6. The quantitative estimate of drug-likeness (QED) is 0.849. The lowest BCUT2D eigenvalue weighted by atomic mass is 9.64. The van der Waals surface area contributed by atoms with E-state index in [4.69, 9.17) is 0 Å². The van der Waals surface area contributed by atoms with Crippen LogP contribution in [0.3, 0.4) is 0 Å².